The number of nitrogen functional groups attached to an aromatic ring is 1. The molecule has 158 valence electrons. The number of nitrogens with zero attached hydrogens (tertiary/aromatic N) is 3. The summed E-state index contributed by atoms with van der Waals surface area (Å²) in [5.74, 6) is -1.91. The number of nitrogens with two attached hydrogens (primary N) is 1. The first-order valence-electron chi connectivity index (χ1n) is 9.60. The van der Waals surface area contributed by atoms with E-state index in [2.05, 4.69) is 5.10 Å². The molecule has 0 atom stereocenters. The van der Waals surface area contributed by atoms with Crippen molar-refractivity contribution in [3.63, 3.8) is 0 Å². The van der Waals surface area contributed by atoms with Gasteiger partial charge in [-0.1, -0.05) is 18.9 Å². The minimum absolute atomic E-state index is 0.0687. The van der Waals surface area contributed by atoms with Gasteiger partial charge < -0.3 is 10.8 Å². The lowest BCUT2D eigenvalue weighted by molar-refractivity contribution is 0.0696. The Balaban J connectivity index is 1.90. The Kier molecular flexibility index (Phi) is 5.20. The molecule has 0 spiro atoms. The third-order valence-corrected chi connectivity index (χ3v) is 7.15. The second-order valence-electron chi connectivity index (χ2n) is 7.27. The van der Waals surface area contributed by atoms with E-state index >= 15 is 0 Å². The maximum Gasteiger partial charge on any atom is 0.335 e. The van der Waals surface area contributed by atoms with Crippen molar-refractivity contribution in [3.05, 3.63) is 47.8 Å². The lowest BCUT2D eigenvalue weighted by Crippen LogP contribution is -2.32. The number of anilines is 1. The summed E-state index contributed by atoms with van der Waals surface area (Å²) in [5, 5.41) is 13.8. The molecule has 10 heteroatoms. The number of aromatic nitrogens is 2. The molecule has 0 bridgehead atoms. The van der Waals surface area contributed by atoms with Crippen LogP contribution in [0.1, 0.15) is 36.0 Å². The lowest BCUT2D eigenvalue weighted by Gasteiger charge is -2.20. The molecule has 3 N–H and O–H groups in total. The number of rotatable bonds is 4. The van der Waals surface area contributed by atoms with Gasteiger partial charge in [0.25, 0.3) is 0 Å². The highest BCUT2D eigenvalue weighted by molar-refractivity contribution is 7.89. The molecule has 8 nitrogen and oxygen atoms in total. The van der Waals surface area contributed by atoms with Crippen LogP contribution in [0.15, 0.2) is 41.3 Å². The Morgan fingerprint density at radius 3 is 2.47 bits per heavy atom. The Bertz CT molecular complexity index is 1230. The zero-order valence-corrected chi connectivity index (χ0v) is 16.9. The fourth-order valence-electron chi connectivity index (χ4n) is 3.76. The summed E-state index contributed by atoms with van der Waals surface area (Å²) in [6, 6.07) is 8.09. The summed E-state index contributed by atoms with van der Waals surface area (Å²) in [6.45, 7) is 0.773. The monoisotopic (exact) mass is 432 g/mol. The van der Waals surface area contributed by atoms with Crippen LogP contribution in [0.5, 0.6) is 0 Å². The van der Waals surface area contributed by atoms with E-state index < -0.39 is 21.8 Å². The van der Waals surface area contributed by atoms with Gasteiger partial charge in [0.1, 0.15) is 5.82 Å². The van der Waals surface area contributed by atoms with Gasteiger partial charge in [0.05, 0.1) is 27.0 Å². The second kappa shape index (κ2) is 7.69. The average Bonchev–Trinajstić information content (AvgIpc) is 2.89. The van der Waals surface area contributed by atoms with Crippen molar-refractivity contribution < 1.29 is 22.7 Å². The highest BCUT2D eigenvalue weighted by Gasteiger charge is 2.27. The van der Waals surface area contributed by atoms with Crippen LogP contribution in [-0.2, 0) is 10.0 Å². The van der Waals surface area contributed by atoms with E-state index in [4.69, 9.17) is 5.73 Å². The first-order chi connectivity index (χ1) is 14.3. The van der Waals surface area contributed by atoms with Crippen LogP contribution in [0.25, 0.3) is 16.6 Å². The van der Waals surface area contributed by atoms with Crippen molar-refractivity contribution >= 4 is 32.7 Å². The van der Waals surface area contributed by atoms with Crippen LogP contribution in [-0.4, -0.2) is 46.7 Å². The van der Waals surface area contributed by atoms with Crippen molar-refractivity contribution in [2.24, 2.45) is 0 Å². The van der Waals surface area contributed by atoms with Crippen LogP contribution in [0.4, 0.5) is 10.2 Å². The molecule has 0 aliphatic carbocycles. The Hall–Kier alpha value is -2.98. The van der Waals surface area contributed by atoms with Gasteiger partial charge in [-0.25, -0.2) is 22.3 Å². The van der Waals surface area contributed by atoms with E-state index in [1.165, 1.54) is 33.3 Å². The number of hydrogen-bond acceptors (Lipinski definition) is 5. The summed E-state index contributed by atoms with van der Waals surface area (Å²) < 4.78 is 43.3. The van der Waals surface area contributed by atoms with E-state index in [9.17, 15) is 22.7 Å². The number of benzene rings is 2. The molecule has 2 heterocycles. The molecule has 0 unspecified atom stereocenters. The van der Waals surface area contributed by atoms with Crippen LogP contribution < -0.4 is 5.73 Å². The molecular formula is C20H21FN4O4S. The van der Waals surface area contributed by atoms with E-state index in [1.54, 1.807) is 6.07 Å². The second-order valence-corrected chi connectivity index (χ2v) is 9.21. The quantitative estimate of drug-likeness (QED) is 0.654. The molecule has 30 heavy (non-hydrogen) atoms. The molecule has 2 aromatic carbocycles. The molecule has 1 saturated heterocycles. The number of carbonyl (C=O) groups is 1. The Morgan fingerprint density at radius 1 is 1.10 bits per heavy atom. The van der Waals surface area contributed by atoms with Gasteiger partial charge in [-0.3, -0.25) is 0 Å². The standard InChI is InChI=1S/C20H21FN4O4S/c21-16-6-5-7-17-18(16)19(22)23-25(17)14-10-13(20(26)27)11-15(12-14)30(28,29)24-8-3-1-2-4-9-24/h5-7,10-12H,1-4,8-9H2,(H2,22,23)(H,26,27). The molecule has 3 aromatic rings. The van der Waals surface area contributed by atoms with Gasteiger partial charge in [-0.05, 0) is 43.2 Å². The SMILES string of the molecule is Nc1nn(-c2cc(C(=O)O)cc(S(=O)(=O)N3CCCCCC3)c2)c2cccc(F)c12. The van der Waals surface area contributed by atoms with Gasteiger partial charge >= 0.3 is 5.97 Å². The molecule has 4 rings (SSSR count). The first kappa shape index (κ1) is 20.3. The molecule has 0 saturated carbocycles. The van der Waals surface area contributed by atoms with E-state index in [-0.39, 0.29) is 27.4 Å². The largest absolute Gasteiger partial charge is 0.478 e. The molecule has 1 aliphatic heterocycles. The van der Waals surface area contributed by atoms with Crippen LogP contribution >= 0.6 is 0 Å². The number of aromatic carboxylic acids is 1. The third kappa shape index (κ3) is 3.52. The van der Waals surface area contributed by atoms with Crippen LogP contribution in [0.2, 0.25) is 0 Å². The first-order valence-corrected chi connectivity index (χ1v) is 11.0. The average molecular weight is 432 g/mol. The van der Waals surface area contributed by atoms with Crippen molar-refractivity contribution in [1.29, 1.82) is 0 Å². The molecular weight excluding hydrogens is 411 g/mol. The van der Waals surface area contributed by atoms with Gasteiger partial charge in [-0.2, -0.15) is 4.31 Å². The summed E-state index contributed by atoms with van der Waals surface area (Å²) in [7, 11) is -3.90. The number of halogens is 1. The third-order valence-electron chi connectivity index (χ3n) is 5.27. The highest BCUT2D eigenvalue weighted by Crippen LogP contribution is 2.29. The topological polar surface area (TPSA) is 119 Å². The number of hydrogen-bond donors (Lipinski definition) is 2. The zero-order valence-electron chi connectivity index (χ0n) is 16.1. The Labute approximate surface area is 172 Å². The minimum atomic E-state index is -3.90. The van der Waals surface area contributed by atoms with Gasteiger partial charge in [0, 0.05) is 13.1 Å². The molecule has 1 fully saturated rings. The number of fused-ring (bicyclic) bond motifs is 1. The van der Waals surface area contributed by atoms with Crippen molar-refractivity contribution in [1.82, 2.24) is 14.1 Å². The molecule has 1 aliphatic rings. The van der Waals surface area contributed by atoms with Crippen molar-refractivity contribution in [3.8, 4) is 5.69 Å². The van der Waals surface area contributed by atoms with Crippen molar-refractivity contribution in [2.75, 3.05) is 18.8 Å². The number of carboxylic acids is 1. The van der Waals surface area contributed by atoms with Crippen LogP contribution in [0, 0.1) is 5.82 Å². The summed E-state index contributed by atoms with van der Waals surface area (Å²) >= 11 is 0. The van der Waals surface area contributed by atoms with E-state index in [0.717, 1.165) is 31.7 Å². The molecule has 1 aromatic heterocycles. The summed E-state index contributed by atoms with van der Waals surface area (Å²) in [4.78, 5) is 11.6. The Morgan fingerprint density at radius 2 is 1.80 bits per heavy atom. The lowest BCUT2D eigenvalue weighted by atomic mass is 10.2. The smallest absolute Gasteiger partial charge is 0.335 e. The maximum atomic E-state index is 14.2. The predicted octanol–water partition coefficient (Wildman–Crippen LogP) is 3.01. The normalized spacial score (nSPS) is 15.9. The fraction of sp³-hybridized carbons (Fsp3) is 0.300. The van der Waals surface area contributed by atoms with Gasteiger partial charge in [0.15, 0.2) is 5.82 Å². The fourth-order valence-corrected chi connectivity index (χ4v) is 5.34. The number of sulfonamides is 1. The van der Waals surface area contributed by atoms with Gasteiger partial charge in [0.2, 0.25) is 10.0 Å². The minimum Gasteiger partial charge on any atom is -0.478 e. The van der Waals surface area contributed by atoms with E-state index in [0.29, 0.717) is 18.6 Å². The van der Waals surface area contributed by atoms with Crippen LogP contribution in [0.3, 0.4) is 0 Å². The zero-order chi connectivity index (χ0) is 21.5. The predicted molar refractivity (Wildman–Crippen MR) is 110 cm³/mol. The maximum absolute atomic E-state index is 14.2. The molecule has 0 radical (unpaired) electrons. The summed E-state index contributed by atoms with van der Waals surface area (Å²) in [5.41, 5.74) is 6.14. The number of carboxylic acid groups (broad SMARTS) is 1. The summed E-state index contributed by atoms with van der Waals surface area (Å²) in [6.07, 6.45) is 3.42. The van der Waals surface area contributed by atoms with Gasteiger partial charge in [-0.15, -0.1) is 5.10 Å². The highest BCUT2D eigenvalue weighted by atomic mass is 32.2. The van der Waals surface area contributed by atoms with E-state index in [1.807, 2.05) is 0 Å². The molecule has 0 amide bonds. The van der Waals surface area contributed by atoms with Crippen molar-refractivity contribution in [2.45, 2.75) is 30.6 Å².